The predicted octanol–water partition coefficient (Wildman–Crippen LogP) is 2.16. The molecular formula is C15H23N5O. The van der Waals surface area contributed by atoms with Crippen molar-refractivity contribution in [1.82, 2.24) is 9.97 Å². The minimum atomic E-state index is -0.191. The number of fused-ring (bicyclic) bond motifs is 1. The minimum Gasteiger partial charge on any atom is -0.351 e. The summed E-state index contributed by atoms with van der Waals surface area (Å²) in [7, 11) is 1.93. The Hall–Kier alpha value is -1.85. The molecular weight excluding hydrogens is 266 g/mol. The third kappa shape index (κ3) is 2.43. The third-order valence-electron chi connectivity index (χ3n) is 4.41. The summed E-state index contributed by atoms with van der Waals surface area (Å²) in [5, 5.41) is 6.35. The molecule has 1 fully saturated rings. The van der Waals surface area contributed by atoms with Gasteiger partial charge in [0.05, 0.1) is 5.69 Å². The Morgan fingerprint density at radius 2 is 2.05 bits per heavy atom. The minimum absolute atomic E-state index is 0.0198. The summed E-state index contributed by atoms with van der Waals surface area (Å²) in [6.07, 6.45) is 3.63. The second-order valence-electron chi connectivity index (χ2n) is 6.39. The number of rotatable bonds is 3. The van der Waals surface area contributed by atoms with Gasteiger partial charge in [-0.1, -0.05) is 13.8 Å². The van der Waals surface area contributed by atoms with E-state index in [0.717, 1.165) is 17.2 Å². The van der Waals surface area contributed by atoms with Crippen LogP contribution >= 0.6 is 0 Å². The molecule has 0 aromatic carbocycles. The third-order valence-corrected chi connectivity index (χ3v) is 4.41. The van der Waals surface area contributed by atoms with E-state index in [2.05, 4.69) is 20.6 Å². The maximum atomic E-state index is 12.3. The molecule has 1 aliphatic carbocycles. The molecule has 6 nitrogen and oxygen atoms in total. The number of likely N-dealkylation sites (N-methyl/N-ethyl adjacent to an activating group) is 1. The number of aryl methyl sites for hydroxylation is 1. The molecule has 0 spiro atoms. The zero-order valence-electron chi connectivity index (χ0n) is 13.1. The van der Waals surface area contributed by atoms with Gasteiger partial charge in [-0.25, -0.2) is 4.98 Å². The van der Waals surface area contributed by atoms with Crippen molar-refractivity contribution in [2.45, 2.75) is 52.1 Å². The molecule has 114 valence electrons. The first-order valence-electron chi connectivity index (χ1n) is 7.66. The van der Waals surface area contributed by atoms with Gasteiger partial charge in [0, 0.05) is 13.1 Å². The van der Waals surface area contributed by atoms with Gasteiger partial charge in [0.15, 0.2) is 5.82 Å². The lowest BCUT2D eigenvalue weighted by molar-refractivity contribution is -0.118. The van der Waals surface area contributed by atoms with Crippen molar-refractivity contribution >= 4 is 23.4 Å². The Bertz CT molecular complexity index is 567. The average Bonchev–Trinajstić information content (AvgIpc) is 2.35. The van der Waals surface area contributed by atoms with Crippen LogP contribution in [0.25, 0.3) is 0 Å². The Labute approximate surface area is 125 Å². The van der Waals surface area contributed by atoms with Gasteiger partial charge >= 0.3 is 0 Å². The van der Waals surface area contributed by atoms with Crippen LogP contribution < -0.4 is 15.5 Å². The Morgan fingerprint density at radius 3 is 2.62 bits per heavy atom. The summed E-state index contributed by atoms with van der Waals surface area (Å²) in [6, 6.07) is 0.301. The molecule has 1 aliphatic heterocycles. The lowest BCUT2D eigenvalue weighted by Gasteiger charge is -2.37. The van der Waals surface area contributed by atoms with Crippen molar-refractivity contribution in [2.24, 2.45) is 5.92 Å². The van der Waals surface area contributed by atoms with Crippen molar-refractivity contribution in [3.8, 4) is 0 Å². The van der Waals surface area contributed by atoms with Crippen LogP contribution in [-0.4, -0.2) is 35.0 Å². The Kier molecular flexibility index (Phi) is 3.47. The van der Waals surface area contributed by atoms with E-state index in [1.807, 2.05) is 32.7 Å². The standard InChI is InChI=1S/C15H23N5O/c1-8(2)12-14(21)18-11-9(3)16-15(17-10-6-5-7-10)19-13(11)20(12)4/h8,10,12H,5-7H2,1-4H3,(H,18,21)(H,16,17,19). The predicted molar refractivity (Wildman–Crippen MR) is 83.7 cm³/mol. The van der Waals surface area contributed by atoms with Crippen molar-refractivity contribution in [3.05, 3.63) is 5.69 Å². The Morgan fingerprint density at radius 1 is 1.33 bits per heavy atom. The number of carbonyl (C=O) groups excluding carboxylic acids is 1. The van der Waals surface area contributed by atoms with Crippen molar-refractivity contribution in [3.63, 3.8) is 0 Å². The fourth-order valence-electron chi connectivity index (χ4n) is 3.01. The number of anilines is 3. The average molecular weight is 289 g/mol. The first-order chi connectivity index (χ1) is 9.97. The molecule has 2 aliphatic rings. The smallest absolute Gasteiger partial charge is 0.247 e. The van der Waals surface area contributed by atoms with Gasteiger partial charge in [-0.15, -0.1) is 0 Å². The number of aromatic nitrogens is 2. The van der Waals surface area contributed by atoms with E-state index in [1.165, 1.54) is 19.3 Å². The van der Waals surface area contributed by atoms with Crippen molar-refractivity contribution in [2.75, 3.05) is 22.6 Å². The van der Waals surface area contributed by atoms with Crippen LogP contribution in [0.3, 0.4) is 0 Å². The molecule has 1 aromatic rings. The van der Waals surface area contributed by atoms with Gasteiger partial charge in [0.1, 0.15) is 11.7 Å². The molecule has 2 N–H and O–H groups in total. The first-order valence-corrected chi connectivity index (χ1v) is 7.66. The van der Waals surface area contributed by atoms with E-state index in [4.69, 9.17) is 0 Å². The van der Waals surface area contributed by atoms with Crippen LogP contribution in [0.5, 0.6) is 0 Å². The summed E-state index contributed by atoms with van der Waals surface area (Å²) >= 11 is 0. The van der Waals surface area contributed by atoms with Gasteiger partial charge in [0.25, 0.3) is 0 Å². The second-order valence-corrected chi connectivity index (χ2v) is 6.39. The first kappa shape index (κ1) is 14.1. The van der Waals surface area contributed by atoms with E-state index >= 15 is 0 Å². The molecule has 2 heterocycles. The van der Waals surface area contributed by atoms with E-state index in [9.17, 15) is 4.79 Å². The zero-order chi connectivity index (χ0) is 15.1. The molecule has 1 aromatic heterocycles. The maximum Gasteiger partial charge on any atom is 0.247 e. The van der Waals surface area contributed by atoms with E-state index in [0.29, 0.717) is 12.0 Å². The highest BCUT2D eigenvalue weighted by molar-refractivity contribution is 6.03. The topological polar surface area (TPSA) is 70.1 Å². The lowest BCUT2D eigenvalue weighted by Crippen LogP contribution is -2.49. The zero-order valence-corrected chi connectivity index (χ0v) is 13.1. The van der Waals surface area contributed by atoms with Gasteiger partial charge in [-0.3, -0.25) is 4.79 Å². The number of hydrogen-bond donors (Lipinski definition) is 2. The molecule has 3 rings (SSSR count). The van der Waals surface area contributed by atoms with Crippen LogP contribution in [0.4, 0.5) is 17.5 Å². The van der Waals surface area contributed by atoms with Crippen molar-refractivity contribution < 1.29 is 4.79 Å². The monoisotopic (exact) mass is 289 g/mol. The number of hydrogen-bond acceptors (Lipinski definition) is 5. The van der Waals surface area contributed by atoms with Crippen LogP contribution in [-0.2, 0) is 4.79 Å². The molecule has 1 amide bonds. The molecule has 6 heteroatoms. The van der Waals surface area contributed by atoms with Crippen LogP contribution in [0, 0.1) is 12.8 Å². The summed E-state index contributed by atoms with van der Waals surface area (Å²) in [5.74, 6) is 1.72. The number of amides is 1. The van der Waals surface area contributed by atoms with Gasteiger partial charge in [-0.05, 0) is 32.1 Å². The fraction of sp³-hybridized carbons (Fsp3) is 0.667. The van der Waals surface area contributed by atoms with Gasteiger partial charge in [-0.2, -0.15) is 4.98 Å². The number of nitrogens with one attached hydrogen (secondary N) is 2. The highest BCUT2D eigenvalue weighted by atomic mass is 16.2. The number of carbonyl (C=O) groups is 1. The SMILES string of the molecule is Cc1nc(NC2CCC2)nc2c1NC(=O)C(C(C)C)N2C. The molecule has 1 unspecified atom stereocenters. The normalized spacial score (nSPS) is 21.9. The highest BCUT2D eigenvalue weighted by Crippen LogP contribution is 2.34. The molecule has 21 heavy (non-hydrogen) atoms. The quantitative estimate of drug-likeness (QED) is 0.892. The van der Waals surface area contributed by atoms with Crippen LogP contribution in [0.15, 0.2) is 0 Å². The van der Waals surface area contributed by atoms with Gasteiger partial charge in [0.2, 0.25) is 11.9 Å². The largest absolute Gasteiger partial charge is 0.351 e. The van der Waals surface area contributed by atoms with E-state index < -0.39 is 0 Å². The summed E-state index contributed by atoms with van der Waals surface area (Å²) in [6.45, 7) is 6.01. The summed E-state index contributed by atoms with van der Waals surface area (Å²) < 4.78 is 0. The van der Waals surface area contributed by atoms with Crippen LogP contribution in [0.2, 0.25) is 0 Å². The molecule has 1 atom stereocenters. The molecule has 0 saturated heterocycles. The van der Waals surface area contributed by atoms with Crippen molar-refractivity contribution in [1.29, 1.82) is 0 Å². The number of nitrogens with zero attached hydrogens (tertiary/aromatic N) is 3. The molecule has 0 radical (unpaired) electrons. The van der Waals surface area contributed by atoms with Gasteiger partial charge < -0.3 is 15.5 Å². The summed E-state index contributed by atoms with van der Waals surface area (Å²) in [4.78, 5) is 23.3. The van der Waals surface area contributed by atoms with Crippen LogP contribution in [0.1, 0.15) is 38.8 Å². The lowest BCUT2D eigenvalue weighted by atomic mass is 9.93. The maximum absolute atomic E-state index is 12.3. The molecule has 1 saturated carbocycles. The highest BCUT2D eigenvalue weighted by Gasteiger charge is 2.35. The Balaban J connectivity index is 1.95. The molecule has 0 bridgehead atoms. The fourth-order valence-corrected chi connectivity index (χ4v) is 3.01. The summed E-state index contributed by atoms with van der Waals surface area (Å²) in [5.41, 5.74) is 1.54. The van der Waals surface area contributed by atoms with E-state index in [-0.39, 0.29) is 17.9 Å². The van der Waals surface area contributed by atoms with E-state index in [1.54, 1.807) is 0 Å². The second kappa shape index (κ2) is 5.16.